The Hall–Kier alpha value is -6.44. The number of aliphatic hydroxyl groups excluding tert-OH is 1. The minimum absolute atomic E-state index is 0.113. The van der Waals surface area contributed by atoms with Gasteiger partial charge >= 0.3 is 61.5 Å². The molecule has 0 spiro atoms. The first-order valence-corrected chi connectivity index (χ1v) is 43.9. The third-order valence-corrected chi connectivity index (χ3v) is 27.2. The zero-order valence-electron chi connectivity index (χ0n) is 65.5. The quantitative estimate of drug-likeness (QED) is 0.00931. The number of para-hydroxylation sites is 5. The van der Waals surface area contributed by atoms with Crippen LogP contribution in [0, 0.1) is 5.41 Å². The number of carbonyl (C=O) groups is 5. The number of aliphatic hydroxyl groups is 1. The minimum Gasteiger partial charge on any atom is -0.465 e. The lowest BCUT2D eigenvalue weighted by atomic mass is 9.99. The van der Waals surface area contributed by atoms with Crippen molar-refractivity contribution in [2.45, 2.75) is 230 Å². The maximum atomic E-state index is 13.1. The predicted molar refractivity (Wildman–Crippen MR) is 418 cm³/mol. The predicted octanol–water partition coefficient (Wildman–Crippen LogP) is 17.2. The van der Waals surface area contributed by atoms with Gasteiger partial charge in [0.15, 0.2) is 5.78 Å². The highest BCUT2D eigenvalue weighted by atomic mass is 31.2. The summed E-state index contributed by atoms with van der Waals surface area (Å²) in [5.74, 6) is 0.370. The number of rotatable bonds is 37. The van der Waals surface area contributed by atoms with Gasteiger partial charge in [0.2, 0.25) is 0 Å². The third-order valence-electron chi connectivity index (χ3n) is 14.3. The summed E-state index contributed by atoms with van der Waals surface area (Å²) in [5, 5.41) is 22.8. The smallest absolute Gasteiger partial charge is 0.323 e. The molecule has 590 valence electrons. The molecule has 0 aromatic heterocycles. The average molecular weight is 1570 g/mol. The minimum atomic E-state index is -3.24. The monoisotopic (exact) mass is 1570 g/mol. The molecule has 0 bridgehead atoms. The van der Waals surface area contributed by atoms with E-state index in [0.717, 1.165) is 12.8 Å². The first-order chi connectivity index (χ1) is 48.9. The molecule has 0 saturated heterocycles. The van der Waals surface area contributed by atoms with Crippen LogP contribution in [0.4, 0.5) is 0 Å². The zero-order valence-corrected chi connectivity index (χ0v) is 69.9. The van der Waals surface area contributed by atoms with Gasteiger partial charge in [0, 0.05) is 0 Å². The maximum absolute atomic E-state index is 13.1. The number of unbranched alkanes of at least 4 members (excludes halogenated alkanes) is 1. The van der Waals surface area contributed by atoms with Gasteiger partial charge in [-0.1, -0.05) is 194 Å². The molecule has 0 aliphatic rings. The number of esters is 4. The van der Waals surface area contributed by atoms with Gasteiger partial charge in [-0.25, -0.2) is 25.4 Å². The summed E-state index contributed by atoms with van der Waals surface area (Å²) in [6.07, 6.45) is 1.56. The van der Waals surface area contributed by atoms with Crippen molar-refractivity contribution in [2.75, 3.05) is 26.4 Å². The number of benzene rings is 5. The Morgan fingerprint density at radius 3 is 0.819 bits per heavy atom. The second kappa shape index (κ2) is 48.1. The molecular formula is C75H120N5O20P5. The van der Waals surface area contributed by atoms with Gasteiger partial charge in [-0.2, -0.15) is 0 Å². The summed E-state index contributed by atoms with van der Waals surface area (Å²) in [4.78, 5) is 58.8. The van der Waals surface area contributed by atoms with E-state index in [1.165, 1.54) is 0 Å². The second-order valence-electron chi connectivity index (χ2n) is 27.3. The summed E-state index contributed by atoms with van der Waals surface area (Å²) < 4.78 is 113. The highest BCUT2D eigenvalue weighted by Crippen LogP contribution is 2.52. The van der Waals surface area contributed by atoms with E-state index < -0.39 is 104 Å². The number of hydrogen-bond donors (Lipinski definition) is 6. The molecule has 30 heteroatoms. The van der Waals surface area contributed by atoms with Crippen molar-refractivity contribution < 1.29 is 93.5 Å². The maximum Gasteiger partial charge on any atom is 0.323 e. The zero-order chi connectivity index (χ0) is 79.9. The molecule has 5 aromatic carbocycles. The van der Waals surface area contributed by atoms with Crippen LogP contribution in [0.5, 0.6) is 28.7 Å². The number of Topliss-reactive ketones (excluding diaryl/α,β-unsaturated/α-hetero) is 1. The van der Waals surface area contributed by atoms with Crippen LogP contribution in [0.25, 0.3) is 0 Å². The molecule has 0 aliphatic carbocycles. The summed E-state index contributed by atoms with van der Waals surface area (Å²) in [7, 11) is -16.1. The van der Waals surface area contributed by atoms with E-state index in [9.17, 15) is 46.8 Å². The average Bonchev–Trinajstić information content (AvgIpc) is 0.864. The Bertz CT molecular complexity index is 3570. The van der Waals surface area contributed by atoms with Gasteiger partial charge in [-0.15, -0.1) is 0 Å². The summed E-state index contributed by atoms with van der Waals surface area (Å²) in [5.41, 5.74) is -1.48. The molecule has 5 aromatic rings. The second-order valence-corrected chi connectivity index (χ2v) is 40.6. The molecule has 0 fully saturated rings. The van der Waals surface area contributed by atoms with Crippen molar-refractivity contribution >= 4 is 67.3 Å². The summed E-state index contributed by atoms with van der Waals surface area (Å²) in [6.45, 7) is 39.5. The van der Waals surface area contributed by atoms with Crippen molar-refractivity contribution in [2.24, 2.45) is 5.41 Å². The van der Waals surface area contributed by atoms with Crippen LogP contribution in [0.2, 0.25) is 0 Å². The molecule has 6 N–H and O–H groups in total. The Kier molecular flexibility index (Phi) is 44.2. The number of hydrogen-bond acceptors (Lipinski definition) is 20. The van der Waals surface area contributed by atoms with Gasteiger partial charge in [0.05, 0.1) is 60.3 Å². The van der Waals surface area contributed by atoms with Gasteiger partial charge in [0.1, 0.15) is 59.5 Å². The van der Waals surface area contributed by atoms with E-state index >= 15 is 0 Å². The molecule has 5 rings (SSSR count). The van der Waals surface area contributed by atoms with Crippen molar-refractivity contribution in [3.63, 3.8) is 0 Å². The Morgan fingerprint density at radius 2 is 0.600 bits per heavy atom. The van der Waals surface area contributed by atoms with Gasteiger partial charge in [-0.05, 0) is 128 Å². The van der Waals surface area contributed by atoms with Crippen LogP contribution in [-0.4, -0.2) is 126 Å². The topological polar surface area (TPSA) is 334 Å². The highest BCUT2D eigenvalue weighted by Gasteiger charge is 2.38. The van der Waals surface area contributed by atoms with Crippen molar-refractivity contribution in [1.82, 2.24) is 25.4 Å². The number of nitrogens with one attached hydrogen (secondary N) is 5. The van der Waals surface area contributed by atoms with E-state index in [0.29, 0.717) is 42.0 Å². The van der Waals surface area contributed by atoms with Crippen LogP contribution in [-0.2, 0) is 65.7 Å². The fraction of sp³-hybridized carbons (Fsp3) is 0.533. The number of ketones is 1. The molecule has 5 unspecified atom stereocenters. The van der Waals surface area contributed by atoms with E-state index in [1.807, 2.05) is 70.2 Å². The SMILES string of the molecule is CC(C)OC(=O)[C@H](C)NP(=O)(Oc1ccccc1)C(C)C.CC(C)P(=O)(N[C@@H](C)C(=O)CO)Oc1ccccc1.CC(C)P(=O)(N[C@@H](C)C(=O)OCC(C)(C)C)Oc1ccccc1.CCCCOC(=O)[C@H](C)NP(=O)(Oc1ccccc1)C(C)C.CCOC(=O)[C@H](C)NP(=O)(Oc1ccccc1)C(C)C. The molecule has 0 aliphatic heterocycles. The van der Waals surface area contributed by atoms with E-state index in [2.05, 4.69) is 25.4 Å². The lowest BCUT2D eigenvalue weighted by Gasteiger charge is -2.27. The molecule has 0 heterocycles. The van der Waals surface area contributed by atoms with Gasteiger partial charge in [0.25, 0.3) is 0 Å². The Labute approximate surface area is 625 Å². The fourth-order valence-corrected chi connectivity index (χ4v) is 16.1. The Balaban J connectivity index is 0.000000657. The van der Waals surface area contributed by atoms with Crippen molar-refractivity contribution in [3.05, 3.63) is 152 Å². The normalized spacial score (nSPS) is 15.6. The van der Waals surface area contributed by atoms with Crippen LogP contribution in [0.3, 0.4) is 0 Å². The largest absolute Gasteiger partial charge is 0.465 e. The van der Waals surface area contributed by atoms with E-state index in [-0.39, 0.29) is 46.4 Å². The molecule has 0 radical (unpaired) electrons. The van der Waals surface area contributed by atoms with Crippen molar-refractivity contribution in [3.8, 4) is 28.7 Å². The van der Waals surface area contributed by atoms with Crippen LogP contribution in [0.1, 0.15) is 165 Å². The highest BCUT2D eigenvalue weighted by molar-refractivity contribution is 7.59. The first kappa shape index (κ1) is 96.6. The van der Waals surface area contributed by atoms with E-state index in [4.69, 9.17) is 46.7 Å². The van der Waals surface area contributed by atoms with Crippen LogP contribution < -0.4 is 48.1 Å². The van der Waals surface area contributed by atoms with Crippen LogP contribution >= 0.6 is 37.6 Å². The van der Waals surface area contributed by atoms with Crippen molar-refractivity contribution in [1.29, 1.82) is 0 Å². The standard InChI is InChI=1S/C17H28NO4P.C16H26NO4P.C15H24NO4P.C14H22NO4P.C13H20NO4P/c1-13(2)23(20,22-15-10-8-7-9-11-15)18-14(3)16(19)21-12-17(4,5)6;1-5-6-12-20-16(18)14(4)17-22(19,13(2)3)21-15-10-8-7-9-11-15;1-11(2)19-15(17)13(5)16-21(18,12(3)4)20-14-9-7-6-8-10-14;1-5-18-14(16)12(4)15-20(17,11(2)3)19-13-9-7-6-8-10-13;1-10(2)19(17,14-11(3)13(16)9-15)18-12-7-5-4-6-8-12/h7-11,13-14H,12H2,1-6H3,(H,18,20);7-11,13-14H,5-6,12H2,1-4H3,(H,17,19);6-13H,1-5H3,(H,16,18);6-12H,5H2,1-4H3,(H,15,17);4-8,10-11,15H,9H2,1-3H3,(H,14,17)/t14-,23?;14-,22?;13-,21?;12-,20?;11-,19?/m00000/s1. The summed E-state index contributed by atoms with van der Waals surface area (Å²) >= 11 is 0. The molecule has 0 amide bonds. The molecule has 105 heavy (non-hydrogen) atoms. The molecule has 10 atom stereocenters. The first-order valence-electron chi connectivity index (χ1n) is 35.4. The van der Waals surface area contributed by atoms with E-state index in [1.54, 1.807) is 234 Å². The fourth-order valence-electron chi connectivity index (χ4n) is 7.82. The molecule has 25 nitrogen and oxygen atoms in total. The lowest BCUT2D eigenvalue weighted by Crippen LogP contribution is -2.37. The summed E-state index contributed by atoms with van der Waals surface area (Å²) in [6, 6.07) is 41.0. The third kappa shape index (κ3) is 37.8. The number of ether oxygens (including phenoxy) is 4. The number of carbonyl (C=O) groups excluding carboxylic acids is 5. The molecular weight excluding hydrogens is 1450 g/mol. The van der Waals surface area contributed by atoms with Crippen LogP contribution in [0.15, 0.2) is 152 Å². The Morgan fingerprint density at radius 1 is 0.362 bits per heavy atom. The van der Waals surface area contributed by atoms with Gasteiger partial charge < -0.3 is 46.7 Å². The lowest BCUT2D eigenvalue weighted by molar-refractivity contribution is -0.149. The van der Waals surface area contributed by atoms with Gasteiger partial charge in [-0.3, -0.25) is 46.8 Å². The molecule has 0 saturated carbocycles.